The molecule has 4 rings (SSSR count). The zero-order chi connectivity index (χ0) is 11.9. The van der Waals surface area contributed by atoms with E-state index in [9.17, 15) is 0 Å². The second-order valence-electron chi connectivity index (χ2n) is 4.40. The van der Waals surface area contributed by atoms with E-state index in [1.165, 1.54) is 32.1 Å². The van der Waals surface area contributed by atoms with Crippen LogP contribution < -0.4 is 0 Å². The summed E-state index contributed by atoms with van der Waals surface area (Å²) in [6.45, 7) is 0. The molecule has 4 aromatic rings. The number of rotatable bonds is 1. The van der Waals surface area contributed by atoms with Gasteiger partial charge in [-0.25, -0.2) is 0 Å². The number of H-pyrrole nitrogens is 1. The first-order chi connectivity index (χ1) is 8.93. The smallest absolute Gasteiger partial charge is 0.0460 e. The van der Waals surface area contributed by atoms with Crippen LogP contribution in [0.3, 0.4) is 0 Å². The van der Waals surface area contributed by atoms with Crippen LogP contribution >= 0.6 is 11.3 Å². The predicted octanol–water partition coefficient (Wildman–Crippen LogP) is 5.05. The maximum Gasteiger partial charge on any atom is 0.0460 e. The van der Waals surface area contributed by atoms with Crippen molar-refractivity contribution in [3.05, 3.63) is 60.1 Å². The molecule has 0 radical (unpaired) electrons. The minimum atomic E-state index is 1.20. The minimum Gasteiger partial charge on any atom is -0.361 e. The second-order valence-corrected chi connectivity index (χ2v) is 5.28. The van der Waals surface area contributed by atoms with Crippen LogP contribution in [0.2, 0.25) is 0 Å². The highest BCUT2D eigenvalue weighted by Gasteiger charge is 2.10. The van der Waals surface area contributed by atoms with Gasteiger partial charge in [-0.1, -0.05) is 42.5 Å². The van der Waals surface area contributed by atoms with E-state index in [0.717, 1.165) is 0 Å². The quantitative estimate of drug-likeness (QED) is 0.486. The molecular formula is C16H11NS. The fourth-order valence-electron chi connectivity index (χ4n) is 2.46. The van der Waals surface area contributed by atoms with Crippen molar-refractivity contribution in [2.45, 2.75) is 0 Å². The van der Waals surface area contributed by atoms with Gasteiger partial charge in [0.25, 0.3) is 0 Å². The van der Waals surface area contributed by atoms with Gasteiger partial charge in [-0.15, -0.1) is 11.3 Å². The molecule has 0 bridgehead atoms. The van der Waals surface area contributed by atoms with Gasteiger partial charge in [0.2, 0.25) is 0 Å². The molecule has 0 saturated carbocycles. The van der Waals surface area contributed by atoms with E-state index in [0.29, 0.717) is 0 Å². The Kier molecular flexibility index (Phi) is 2.05. The van der Waals surface area contributed by atoms with Crippen molar-refractivity contribution in [1.29, 1.82) is 0 Å². The molecule has 1 N–H and O–H groups in total. The summed E-state index contributed by atoms with van der Waals surface area (Å²) < 4.78 is 0. The lowest BCUT2D eigenvalue weighted by atomic mass is 10.1. The highest BCUT2D eigenvalue weighted by atomic mass is 32.1. The molecule has 86 valence electrons. The number of nitrogens with one attached hydrogen (secondary N) is 1. The Morgan fingerprint density at radius 3 is 2.56 bits per heavy atom. The number of aromatic nitrogens is 1. The maximum absolute atomic E-state index is 3.35. The van der Waals surface area contributed by atoms with Crippen LogP contribution in [0.4, 0.5) is 0 Å². The van der Waals surface area contributed by atoms with Crippen LogP contribution in [-0.4, -0.2) is 4.98 Å². The summed E-state index contributed by atoms with van der Waals surface area (Å²) in [5, 5.41) is 6.19. The third kappa shape index (κ3) is 1.33. The van der Waals surface area contributed by atoms with E-state index >= 15 is 0 Å². The summed E-state index contributed by atoms with van der Waals surface area (Å²) in [5.41, 5.74) is 2.50. The van der Waals surface area contributed by atoms with Crippen molar-refractivity contribution in [2.75, 3.05) is 0 Å². The molecule has 0 saturated heterocycles. The number of para-hydroxylation sites is 1. The van der Waals surface area contributed by atoms with Gasteiger partial charge in [-0.2, -0.15) is 0 Å². The van der Waals surface area contributed by atoms with Crippen molar-refractivity contribution in [1.82, 2.24) is 4.98 Å². The van der Waals surface area contributed by atoms with E-state index in [1.807, 2.05) is 11.3 Å². The summed E-state index contributed by atoms with van der Waals surface area (Å²) in [5.74, 6) is 0. The van der Waals surface area contributed by atoms with Gasteiger partial charge in [0, 0.05) is 32.9 Å². The fraction of sp³-hybridized carbons (Fsp3) is 0. The van der Waals surface area contributed by atoms with Crippen molar-refractivity contribution in [3.8, 4) is 10.4 Å². The highest BCUT2D eigenvalue weighted by molar-refractivity contribution is 7.15. The van der Waals surface area contributed by atoms with Crippen molar-refractivity contribution >= 4 is 33.0 Å². The molecule has 2 aromatic carbocycles. The van der Waals surface area contributed by atoms with Crippen LogP contribution in [0.15, 0.2) is 60.1 Å². The minimum absolute atomic E-state index is 1.20. The Morgan fingerprint density at radius 1 is 0.833 bits per heavy atom. The molecule has 0 amide bonds. The summed E-state index contributed by atoms with van der Waals surface area (Å²) in [4.78, 5) is 4.70. The molecule has 0 aliphatic rings. The molecule has 0 aliphatic heterocycles. The van der Waals surface area contributed by atoms with Gasteiger partial charge >= 0.3 is 0 Å². The van der Waals surface area contributed by atoms with E-state index in [4.69, 9.17) is 0 Å². The van der Waals surface area contributed by atoms with E-state index < -0.39 is 0 Å². The molecule has 2 heteroatoms. The number of aromatic amines is 1. The van der Waals surface area contributed by atoms with Crippen LogP contribution in [0, 0.1) is 0 Å². The standard InChI is InChI=1S/C16H11NS/c1-2-6-12-11(5-1)10-18-16(12)14-9-17-15-8-4-3-7-13(14)15/h1-10,17H. The monoisotopic (exact) mass is 249 g/mol. The lowest BCUT2D eigenvalue weighted by Gasteiger charge is -1.97. The molecule has 0 fully saturated rings. The Bertz CT molecular complexity index is 766. The van der Waals surface area contributed by atoms with Gasteiger partial charge in [-0.3, -0.25) is 0 Å². The molecule has 0 spiro atoms. The first-order valence-electron chi connectivity index (χ1n) is 5.96. The number of benzene rings is 2. The summed E-state index contributed by atoms with van der Waals surface area (Å²) in [6, 6.07) is 17.0. The number of hydrogen-bond donors (Lipinski definition) is 1. The zero-order valence-electron chi connectivity index (χ0n) is 9.68. The Morgan fingerprint density at radius 2 is 1.61 bits per heavy atom. The molecular weight excluding hydrogens is 238 g/mol. The van der Waals surface area contributed by atoms with Crippen LogP contribution in [0.25, 0.3) is 32.1 Å². The Balaban J connectivity index is 2.08. The van der Waals surface area contributed by atoms with Gasteiger partial charge in [0.15, 0.2) is 0 Å². The van der Waals surface area contributed by atoms with Crippen LogP contribution in [0.1, 0.15) is 0 Å². The lowest BCUT2D eigenvalue weighted by Crippen LogP contribution is -1.71. The topological polar surface area (TPSA) is 15.8 Å². The molecule has 0 atom stereocenters. The van der Waals surface area contributed by atoms with Gasteiger partial charge in [-0.05, 0) is 16.8 Å². The third-order valence-corrected chi connectivity index (χ3v) is 4.39. The van der Waals surface area contributed by atoms with Crippen LogP contribution in [0.5, 0.6) is 0 Å². The first-order valence-corrected chi connectivity index (χ1v) is 6.84. The first kappa shape index (κ1) is 9.92. The largest absolute Gasteiger partial charge is 0.361 e. The lowest BCUT2D eigenvalue weighted by molar-refractivity contribution is 1.48. The van der Waals surface area contributed by atoms with Crippen molar-refractivity contribution in [2.24, 2.45) is 0 Å². The maximum atomic E-state index is 3.35. The predicted molar refractivity (Wildman–Crippen MR) is 79.1 cm³/mol. The average molecular weight is 249 g/mol. The number of thiophene rings is 1. The Hall–Kier alpha value is -2.06. The van der Waals surface area contributed by atoms with Crippen molar-refractivity contribution in [3.63, 3.8) is 0 Å². The van der Waals surface area contributed by atoms with Gasteiger partial charge in [0.05, 0.1) is 0 Å². The zero-order valence-corrected chi connectivity index (χ0v) is 10.5. The van der Waals surface area contributed by atoms with Crippen LogP contribution in [-0.2, 0) is 0 Å². The number of hydrogen-bond acceptors (Lipinski definition) is 1. The second kappa shape index (κ2) is 3.72. The summed E-state index contributed by atoms with van der Waals surface area (Å²) in [6.07, 6.45) is 2.11. The average Bonchev–Trinajstić information content (AvgIpc) is 3.01. The molecule has 0 unspecified atom stereocenters. The van der Waals surface area contributed by atoms with E-state index in [2.05, 4.69) is 65.1 Å². The Labute approximate surface area is 109 Å². The van der Waals surface area contributed by atoms with Gasteiger partial charge < -0.3 is 4.98 Å². The molecule has 18 heavy (non-hydrogen) atoms. The highest BCUT2D eigenvalue weighted by Crippen LogP contribution is 2.38. The van der Waals surface area contributed by atoms with Crippen molar-refractivity contribution < 1.29 is 0 Å². The SMILES string of the molecule is c1ccc2c(-c3c[nH]c4ccccc34)scc2c1. The molecule has 0 aliphatic carbocycles. The number of fused-ring (bicyclic) bond motifs is 2. The normalized spacial score (nSPS) is 11.3. The van der Waals surface area contributed by atoms with Gasteiger partial charge in [0.1, 0.15) is 0 Å². The third-order valence-electron chi connectivity index (χ3n) is 3.34. The van der Waals surface area contributed by atoms with E-state index in [1.54, 1.807) is 0 Å². The van der Waals surface area contributed by atoms with E-state index in [-0.39, 0.29) is 0 Å². The summed E-state index contributed by atoms with van der Waals surface area (Å²) >= 11 is 1.82. The molecule has 1 nitrogen and oxygen atoms in total. The molecule has 2 heterocycles. The summed E-state index contributed by atoms with van der Waals surface area (Å²) in [7, 11) is 0. The fourth-order valence-corrected chi connectivity index (χ4v) is 3.52. The molecule has 2 aromatic heterocycles.